The predicted molar refractivity (Wildman–Crippen MR) is 75.0 cm³/mol. The molecule has 0 aliphatic heterocycles. The summed E-state index contributed by atoms with van der Waals surface area (Å²) in [6, 6.07) is 3.86. The van der Waals surface area contributed by atoms with Crippen LogP contribution in [0.3, 0.4) is 0 Å². The molecule has 0 radical (unpaired) electrons. The lowest BCUT2D eigenvalue weighted by Gasteiger charge is -2.16. The van der Waals surface area contributed by atoms with Gasteiger partial charge in [0, 0.05) is 50.0 Å². The summed E-state index contributed by atoms with van der Waals surface area (Å²) in [5, 5.41) is 8.54. The van der Waals surface area contributed by atoms with E-state index in [9.17, 15) is 4.79 Å². The quantitative estimate of drug-likeness (QED) is 0.831. The van der Waals surface area contributed by atoms with Crippen molar-refractivity contribution in [3.63, 3.8) is 0 Å². The van der Waals surface area contributed by atoms with Crippen LogP contribution in [0.25, 0.3) is 6.08 Å². The van der Waals surface area contributed by atoms with Crippen molar-refractivity contribution < 1.29 is 9.90 Å². The molecule has 0 aliphatic carbocycles. The van der Waals surface area contributed by atoms with Crippen LogP contribution < -0.4 is 4.90 Å². The molecule has 6 heteroatoms. The minimum Gasteiger partial charge on any atom is -0.478 e. The van der Waals surface area contributed by atoms with Crippen molar-refractivity contribution in [1.29, 1.82) is 0 Å². The van der Waals surface area contributed by atoms with Crippen molar-refractivity contribution in [1.82, 2.24) is 15.0 Å². The zero-order valence-electron chi connectivity index (χ0n) is 11.0. The summed E-state index contributed by atoms with van der Waals surface area (Å²) < 4.78 is 0. The zero-order valence-corrected chi connectivity index (χ0v) is 11.0. The third-order valence-corrected chi connectivity index (χ3v) is 2.56. The molecule has 102 valence electrons. The van der Waals surface area contributed by atoms with Crippen LogP contribution >= 0.6 is 0 Å². The first-order chi connectivity index (χ1) is 9.65. The van der Waals surface area contributed by atoms with Gasteiger partial charge < -0.3 is 10.0 Å². The molecule has 0 atom stereocenters. The topological polar surface area (TPSA) is 79.2 Å². The summed E-state index contributed by atoms with van der Waals surface area (Å²) in [6.45, 7) is 0.651. The molecule has 1 N–H and O–H groups in total. The van der Waals surface area contributed by atoms with E-state index in [1.54, 1.807) is 24.8 Å². The number of aromatic nitrogens is 3. The lowest BCUT2D eigenvalue weighted by Crippen LogP contribution is -2.19. The highest BCUT2D eigenvalue weighted by molar-refractivity contribution is 5.85. The van der Waals surface area contributed by atoms with E-state index in [2.05, 4.69) is 15.0 Å². The van der Waals surface area contributed by atoms with Gasteiger partial charge in [-0.3, -0.25) is 4.98 Å². The Morgan fingerprint density at radius 3 is 2.70 bits per heavy atom. The predicted octanol–water partition coefficient (Wildman–Crippen LogP) is 1.61. The second kappa shape index (κ2) is 6.42. The zero-order chi connectivity index (χ0) is 14.4. The van der Waals surface area contributed by atoms with Gasteiger partial charge in [-0.2, -0.15) is 0 Å². The Labute approximate surface area is 116 Å². The van der Waals surface area contributed by atoms with Crippen molar-refractivity contribution in [2.45, 2.75) is 6.54 Å². The number of hydrogen-bond acceptors (Lipinski definition) is 5. The summed E-state index contributed by atoms with van der Waals surface area (Å²) in [6.07, 6.45) is 9.19. The Morgan fingerprint density at radius 2 is 2.10 bits per heavy atom. The average Bonchev–Trinajstić information content (AvgIpc) is 2.46. The van der Waals surface area contributed by atoms with E-state index in [-0.39, 0.29) is 0 Å². The van der Waals surface area contributed by atoms with E-state index in [4.69, 9.17) is 5.11 Å². The van der Waals surface area contributed by atoms with Gasteiger partial charge in [0.1, 0.15) is 0 Å². The lowest BCUT2D eigenvalue weighted by atomic mass is 10.3. The molecule has 0 amide bonds. The SMILES string of the molecule is CN(Cc1cccnc1)c1ncc(/C=C/C(=O)O)cn1. The summed E-state index contributed by atoms with van der Waals surface area (Å²) in [5.41, 5.74) is 1.71. The Morgan fingerprint density at radius 1 is 1.35 bits per heavy atom. The molecule has 20 heavy (non-hydrogen) atoms. The van der Waals surface area contributed by atoms with Gasteiger partial charge in [-0.1, -0.05) is 6.07 Å². The molecule has 0 aliphatic rings. The minimum atomic E-state index is -0.997. The van der Waals surface area contributed by atoms with Crippen LogP contribution in [0.15, 0.2) is 43.0 Å². The molecule has 2 aromatic heterocycles. The fourth-order valence-corrected chi connectivity index (χ4v) is 1.62. The molecule has 2 rings (SSSR count). The molecule has 0 spiro atoms. The Bertz CT molecular complexity index is 596. The van der Waals surface area contributed by atoms with Gasteiger partial charge in [0.25, 0.3) is 0 Å². The van der Waals surface area contributed by atoms with Crippen molar-refractivity contribution in [3.05, 3.63) is 54.1 Å². The third kappa shape index (κ3) is 3.88. The number of aliphatic carboxylic acids is 1. The molecule has 0 bridgehead atoms. The van der Waals surface area contributed by atoms with Crippen LogP contribution in [0.5, 0.6) is 0 Å². The van der Waals surface area contributed by atoms with Gasteiger partial charge in [-0.05, 0) is 17.7 Å². The van der Waals surface area contributed by atoms with Crippen molar-refractivity contribution >= 4 is 18.0 Å². The Hall–Kier alpha value is -2.76. The lowest BCUT2D eigenvalue weighted by molar-refractivity contribution is -0.131. The van der Waals surface area contributed by atoms with Gasteiger partial charge in [0.2, 0.25) is 5.95 Å². The second-order valence-corrected chi connectivity index (χ2v) is 4.21. The summed E-state index contributed by atoms with van der Waals surface area (Å²) in [7, 11) is 1.88. The monoisotopic (exact) mass is 270 g/mol. The summed E-state index contributed by atoms with van der Waals surface area (Å²) >= 11 is 0. The maximum atomic E-state index is 10.4. The van der Waals surface area contributed by atoms with Crippen LogP contribution in [0.4, 0.5) is 5.95 Å². The van der Waals surface area contributed by atoms with Crippen molar-refractivity contribution in [2.75, 3.05) is 11.9 Å². The second-order valence-electron chi connectivity index (χ2n) is 4.21. The first-order valence-electron chi connectivity index (χ1n) is 5.98. The van der Waals surface area contributed by atoms with E-state index in [1.165, 1.54) is 6.08 Å². The maximum absolute atomic E-state index is 10.4. The highest BCUT2D eigenvalue weighted by Gasteiger charge is 2.04. The summed E-state index contributed by atoms with van der Waals surface area (Å²) in [4.78, 5) is 24.8. The number of carboxylic acid groups (broad SMARTS) is 1. The fourth-order valence-electron chi connectivity index (χ4n) is 1.62. The van der Waals surface area contributed by atoms with Gasteiger partial charge in [-0.15, -0.1) is 0 Å². The van der Waals surface area contributed by atoms with E-state index >= 15 is 0 Å². The molecular formula is C14H14N4O2. The van der Waals surface area contributed by atoms with Gasteiger partial charge in [0.05, 0.1) is 0 Å². The van der Waals surface area contributed by atoms with Gasteiger partial charge >= 0.3 is 5.97 Å². The van der Waals surface area contributed by atoms with E-state index in [0.29, 0.717) is 18.1 Å². The highest BCUT2D eigenvalue weighted by Crippen LogP contribution is 2.10. The Balaban J connectivity index is 2.04. The average molecular weight is 270 g/mol. The number of hydrogen-bond donors (Lipinski definition) is 1. The van der Waals surface area contributed by atoms with Gasteiger partial charge in [-0.25, -0.2) is 14.8 Å². The molecule has 0 unspecified atom stereocenters. The van der Waals surface area contributed by atoms with Crippen LogP contribution in [-0.4, -0.2) is 33.1 Å². The number of nitrogens with zero attached hydrogens (tertiary/aromatic N) is 4. The molecule has 2 heterocycles. The van der Waals surface area contributed by atoms with Crippen LogP contribution in [0.1, 0.15) is 11.1 Å². The Kier molecular flexibility index (Phi) is 4.39. The molecule has 6 nitrogen and oxygen atoms in total. The fraction of sp³-hybridized carbons (Fsp3) is 0.143. The molecule has 0 fully saturated rings. The van der Waals surface area contributed by atoms with Crippen LogP contribution in [0, 0.1) is 0 Å². The molecule has 0 aromatic carbocycles. The van der Waals surface area contributed by atoms with Crippen molar-refractivity contribution in [2.24, 2.45) is 0 Å². The molecule has 2 aromatic rings. The van der Waals surface area contributed by atoms with Gasteiger partial charge in [0.15, 0.2) is 0 Å². The smallest absolute Gasteiger partial charge is 0.328 e. The normalized spacial score (nSPS) is 10.7. The molecule has 0 saturated heterocycles. The van der Waals surface area contributed by atoms with Crippen molar-refractivity contribution in [3.8, 4) is 0 Å². The van der Waals surface area contributed by atoms with E-state index in [0.717, 1.165) is 11.6 Å². The number of carbonyl (C=O) groups is 1. The first kappa shape index (κ1) is 13.7. The largest absolute Gasteiger partial charge is 0.478 e. The molecule has 0 saturated carbocycles. The van der Waals surface area contributed by atoms with E-state index in [1.807, 2.05) is 24.1 Å². The number of carboxylic acids is 1. The van der Waals surface area contributed by atoms with Crippen LogP contribution in [0.2, 0.25) is 0 Å². The van der Waals surface area contributed by atoms with E-state index < -0.39 is 5.97 Å². The minimum absolute atomic E-state index is 0.571. The molecular weight excluding hydrogens is 256 g/mol. The highest BCUT2D eigenvalue weighted by atomic mass is 16.4. The van der Waals surface area contributed by atoms with Crippen LogP contribution in [-0.2, 0) is 11.3 Å². The maximum Gasteiger partial charge on any atom is 0.328 e. The number of pyridine rings is 1. The standard InChI is InChI=1S/C14H14N4O2/c1-18(10-12-3-2-6-15-7-12)14-16-8-11(9-17-14)4-5-13(19)20/h2-9H,10H2,1H3,(H,19,20)/b5-4+. The first-order valence-corrected chi connectivity index (χ1v) is 5.98. The number of anilines is 1. The number of rotatable bonds is 5. The summed E-state index contributed by atoms with van der Waals surface area (Å²) in [5.74, 6) is -0.427. The third-order valence-electron chi connectivity index (χ3n) is 2.56.